The van der Waals surface area contributed by atoms with E-state index in [1.807, 2.05) is 17.9 Å². The first-order chi connectivity index (χ1) is 9.97. The van der Waals surface area contributed by atoms with Crippen LogP contribution in [0, 0.1) is 6.92 Å². The van der Waals surface area contributed by atoms with Gasteiger partial charge in [-0.3, -0.25) is 4.79 Å². The third kappa shape index (κ3) is 4.21. The number of benzene rings is 1. The van der Waals surface area contributed by atoms with Gasteiger partial charge in [0.15, 0.2) is 6.61 Å². The van der Waals surface area contributed by atoms with Crippen LogP contribution in [0.4, 0.5) is 0 Å². The van der Waals surface area contributed by atoms with Gasteiger partial charge in [-0.15, -0.1) is 0 Å². The molecule has 4 nitrogen and oxygen atoms in total. The molecular formula is C17H26N2O2. The maximum Gasteiger partial charge on any atom is 0.260 e. The lowest BCUT2D eigenvalue weighted by Crippen LogP contribution is -2.47. The molecule has 1 aromatic carbocycles. The highest BCUT2D eigenvalue weighted by Crippen LogP contribution is 2.27. The van der Waals surface area contributed by atoms with Crippen molar-refractivity contribution in [2.24, 2.45) is 5.73 Å². The van der Waals surface area contributed by atoms with Crippen molar-refractivity contribution in [3.05, 3.63) is 29.3 Å². The number of hydrogen-bond acceptors (Lipinski definition) is 3. The van der Waals surface area contributed by atoms with Gasteiger partial charge in [0.05, 0.1) is 0 Å². The van der Waals surface area contributed by atoms with Crippen LogP contribution in [0.2, 0.25) is 0 Å². The molecular weight excluding hydrogens is 264 g/mol. The number of ether oxygens (including phenoxy) is 1. The van der Waals surface area contributed by atoms with Crippen LogP contribution in [0.3, 0.4) is 0 Å². The standard InChI is InChI=1S/C17H26N2O2/c1-12(2)15-7-6-13(3)9-16(15)21-11-17(20)19-8-4-5-14(18)10-19/h6-7,9,12,14H,4-5,8,10-11,18H2,1-3H3/t14-/m0/s1. The number of rotatable bonds is 4. The maximum atomic E-state index is 12.2. The summed E-state index contributed by atoms with van der Waals surface area (Å²) in [6.07, 6.45) is 1.98. The number of amides is 1. The Kier molecular flexibility index (Phi) is 5.23. The molecule has 0 saturated carbocycles. The minimum absolute atomic E-state index is 0.0290. The summed E-state index contributed by atoms with van der Waals surface area (Å²) in [4.78, 5) is 14.0. The predicted octanol–water partition coefficient (Wildman–Crippen LogP) is 2.45. The molecule has 0 unspecified atom stereocenters. The van der Waals surface area contributed by atoms with Crippen LogP contribution < -0.4 is 10.5 Å². The van der Waals surface area contributed by atoms with Gasteiger partial charge in [0.2, 0.25) is 0 Å². The van der Waals surface area contributed by atoms with Crippen LogP contribution in [0.25, 0.3) is 0 Å². The number of nitrogens with zero attached hydrogens (tertiary/aromatic N) is 1. The van der Waals surface area contributed by atoms with Crippen molar-refractivity contribution in [1.82, 2.24) is 4.90 Å². The summed E-state index contributed by atoms with van der Waals surface area (Å²) in [7, 11) is 0. The Morgan fingerprint density at radius 1 is 1.48 bits per heavy atom. The molecule has 1 amide bonds. The van der Waals surface area contributed by atoms with Crippen molar-refractivity contribution in [3.8, 4) is 5.75 Å². The van der Waals surface area contributed by atoms with Crippen LogP contribution in [0.1, 0.15) is 43.7 Å². The number of carbonyl (C=O) groups excluding carboxylic acids is 1. The van der Waals surface area contributed by atoms with E-state index in [1.54, 1.807) is 0 Å². The minimum Gasteiger partial charge on any atom is -0.483 e. The van der Waals surface area contributed by atoms with Gasteiger partial charge in [0.25, 0.3) is 5.91 Å². The average molecular weight is 290 g/mol. The lowest BCUT2D eigenvalue weighted by Gasteiger charge is -2.30. The molecule has 1 aliphatic rings. The summed E-state index contributed by atoms with van der Waals surface area (Å²) in [6.45, 7) is 7.82. The van der Waals surface area contributed by atoms with E-state index in [1.165, 1.54) is 0 Å². The van der Waals surface area contributed by atoms with E-state index in [0.717, 1.165) is 36.3 Å². The summed E-state index contributed by atoms with van der Waals surface area (Å²) < 4.78 is 5.80. The van der Waals surface area contributed by atoms with E-state index in [4.69, 9.17) is 10.5 Å². The minimum atomic E-state index is 0.0290. The summed E-state index contributed by atoms with van der Waals surface area (Å²) in [5.41, 5.74) is 8.20. The zero-order chi connectivity index (χ0) is 15.4. The highest BCUT2D eigenvalue weighted by atomic mass is 16.5. The molecule has 1 saturated heterocycles. The third-order valence-electron chi connectivity index (χ3n) is 3.95. The molecule has 0 radical (unpaired) electrons. The van der Waals surface area contributed by atoms with E-state index in [0.29, 0.717) is 12.5 Å². The van der Waals surface area contributed by atoms with Gasteiger partial charge >= 0.3 is 0 Å². The van der Waals surface area contributed by atoms with Gasteiger partial charge < -0.3 is 15.4 Å². The lowest BCUT2D eigenvalue weighted by atomic mass is 10.0. The Bertz CT molecular complexity index is 500. The summed E-state index contributed by atoms with van der Waals surface area (Å²) >= 11 is 0. The van der Waals surface area contributed by atoms with E-state index in [2.05, 4.69) is 26.0 Å². The highest BCUT2D eigenvalue weighted by molar-refractivity contribution is 5.78. The zero-order valence-electron chi connectivity index (χ0n) is 13.3. The van der Waals surface area contributed by atoms with E-state index in [-0.39, 0.29) is 18.6 Å². The fourth-order valence-corrected chi connectivity index (χ4v) is 2.71. The largest absolute Gasteiger partial charge is 0.483 e. The van der Waals surface area contributed by atoms with Crippen molar-refractivity contribution in [2.45, 2.75) is 45.6 Å². The first kappa shape index (κ1) is 15.8. The zero-order valence-corrected chi connectivity index (χ0v) is 13.3. The molecule has 0 bridgehead atoms. The van der Waals surface area contributed by atoms with E-state index >= 15 is 0 Å². The molecule has 2 rings (SSSR count). The highest BCUT2D eigenvalue weighted by Gasteiger charge is 2.21. The summed E-state index contributed by atoms with van der Waals surface area (Å²) in [5, 5.41) is 0. The normalized spacial score (nSPS) is 18.9. The van der Waals surface area contributed by atoms with Crippen molar-refractivity contribution in [3.63, 3.8) is 0 Å². The topological polar surface area (TPSA) is 55.6 Å². The lowest BCUT2D eigenvalue weighted by molar-refractivity contribution is -0.134. The Morgan fingerprint density at radius 2 is 2.24 bits per heavy atom. The van der Waals surface area contributed by atoms with Crippen molar-refractivity contribution < 1.29 is 9.53 Å². The molecule has 1 aliphatic heterocycles. The smallest absolute Gasteiger partial charge is 0.260 e. The number of carbonyl (C=O) groups is 1. The number of likely N-dealkylation sites (tertiary alicyclic amines) is 1. The number of hydrogen-bond donors (Lipinski definition) is 1. The Balaban J connectivity index is 1.99. The van der Waals surface area contributed by atoms with Crippen molar-refractivity contribution >= 4 is 5.91 Å². The number of aryl methyl sites for hydroxylation is 1. The first-order valence-corrected chi connectivity index (χ1v) is 7.74. The average Bonchev–Trinajstić information content (AvgIpc) is 2.44. The van der Waals surface area contributed by atoms with Gasteiger partial charge in [-0.25, -0.2) is 0 Å². The second-order valence-corrected chi connectivity index (χ2v) is 6.23. The fourth-order valence-electron chi connectivity index (χ4n) is 2.71. The Hall–Kier alpha value is -1.55. The number of nitrogens with two attached hydrogens (primary N) is 1. The first-order valence-electron chi connectivity index (χ1n) is 7.74. The molecule has 1 aromatic rings. The monoisotopic (exact) mass is 290 g/mol. The SMILES string of the molecule is Cc1ccc(C(C)C)c(OCC(=O)N2CCC[C@H](N)C2)c1. The van der Waals surface area contributed by atoms with Crippen LogP contribution in [0.15, 0.2) is 18.2 Å². The van der Waals surface area contributed by atoms with Crippen molar-refractivity contribution in [1.29, 1.82) is 0 Å². The molecule has 21 heavy (non-hydrogen) atoms. The second kappa shape index (κ2) is 6.94. The molecule has 0 aliphatic carbocycles. The van der Waals surface area contributed by atoms with Crippen LogP contribution in [-0.2, 0) is 4.79 Å². The predicted molar refractivity (Wildman–Crippen MR) is 84.6 cm³/mol. The fraction of sp³-hybridized carbons (Fsp3) is 0.588. The molecule has 116 valence electrons. The quantitative estimate of drug-likeness (QED) is 0.926. The third-order valence-corrected chi connectivity index (χ3v) is 3.95. The summed E-state index contributed by atoms with van der Waals surface area (Å²) in [6, 6.07) is 6.27. The van der Waals surface area contributed by atoms with Gasteiger partial charge in [0, 0.05) is 19.1 Å². The second-order valence-electron chi connectivity index (χ2n) is 6.23. The molecule has 1 fully saturated rings. The Labute approximate surface area is 127 Å². The van der Waals surface area contributed by atoms with E-state index in [9.17, 15) is 4.79 Å². The van der Waals surface area contributed by atoms with Gasteiger partial charge in [-0.2, -0.15) is 0 Å². The van der Waals surface area contributed by atoms with Crippen molar-refractivity contribution in [2.75, 3.05) is 19.7 Å². The van der Waals surface area contributed by atoms with Crippen LogP contribution in [0.5, 0.6) is 5.75 Å². The molecule has 1 heterocycles. The molecule has 0 spiro atoms. The number of piperidine rings is 1. The summed E-state index contributed by atoms with van der Waals surface area (Å²) in [5.74, 6) is 1.22. The molecule has 0 aromatic heterocycles. The van der Waals surface area contributed by atoms with Gasteiger partial charge in [-0.05, 0) is 42.9 Å². The van der Waals surface area contributed by atoms with Gasteiger partial charge in [0.1, 0.15) is 5.75 Å². The molecule has 2 N–H and O–H groups in total. The Morgan fingerprint density at radius 3 is 2.90 bits per heavy atom. The maximum absolute atomic E-state index is 12.2. The van der Waals surface area contributed by atoms with Gasteiger partial charge in [-0.1, -0.05) is 26.0 Å². The van der Waals surface area contributed by atoms with E-state index < -0.39 is 0 Å². The van der Waals surface area contributed by atoms with Crippen LogP contribution in [-0.4, -0.2) is 36.5 Å². The van der Waals surface area contributed by atoms with Crippen LogP contribution >= 0.6 is 0 Å². The molecule has 4 heteroatoms. The molecule has 1 atom stereocenters.